The Balaban J connectivity index is 1.59. The number of hydrogen-bond acceptors (Lipinski definition) is 5. The smallest absolute Gasteiger partial charge is 0.233 e. The molecule has 4 nitrogen and oxygen atoms in total. The Morgan fingerprint density at radius 2 is 2.26 bits per heavy atom. The number of aromatic nitrogens is 1. The normalized spacial score (nSPS) is 17.5. The number of carbonyl (C=O) groups excluding carboxylic acids is 1. The lowest BCUT2D eigenvalue weighted by Gasteiger charge is -2.44. The van der Waals surface area contributed by atoms with Crippen molar-refractivity contribution >= 4 is 39.2 Å². The maximum atomic E-state index is 11.9. The molecule has 0 unspecified atom stereocenters. The Morgan fingerprint density at radius 3 is 2.95 bits per heavy atom. The van der Waals surface area contributed by atoms with Crippen LogP contribution < -0.4 is 0 Å². The first-order valence-electron chi connectivity index (χ1n) is 6.02. The number of nitrogens with zero attached hydrogens (tertiary/aromatic N) is 2. The Kier molecular flexibility index (Phi) is 3.24. The van der Waals surface area contributed by atoms with E-state index in [1.807, 2.05) is 24.3 Å². The fourth-order valence-electron chi connectivity index (χ4n) is 2.08. The summed E-state index contributed by atoms with van der Waals surface area (Å²) < 4.78 is 2.06. The molecule has 1 aromatic heterocycles. The number of fused-ring (bicyclic) bond motifs is 1. The Labute approximate surface area is 119 Å². The van der Waals surface area contributed by atoms with E-state index < -0.39 is 5.60 Å². The molecular weight excluding hydrogens is 280 g/mol. The second kappa shape index (κ2) is 4.77. The summed E-state index contributed by atoms with van der Waals surface area (Å²) in [6.07, 6.45) is 0. The molecule has 0 atom stereocenters. The van der Waals surface area contributed by atoms with Crippen LogP contribution in [-0.4, -0.2) is 45.3 Å². The number of thioether (sulfide) groups is 1. The molecule has 1 fully saturated rings. The highest BCUT2D eigenvalue weighted by atomic mass is 32.2. The number of amides is 1. The average Bonchev–Trinajstić information content (AvgIpc) is 2.75. The maximum Gasteiger partial charge on any atom is 0.233 e. The van der Waals surface area contributed by atoms with Crippen LogP contribution in [0.3, 0.4) is 0 Å². The van der Waals surface area contributed by atoms with Crippen molar-refractivity contribution in [3.8, 4) is 0 Å². The first-order chi connectivity index (χ1) is 9.03. The van der Waals surface area contributed by atoms with Crippen LogP contribution in [0.25, 0.3) is 10.2 Å². The van der Waals surface area contributed by atoms with Crippen LogP contribution in [0.15, 0.2) is 28.6 Å². The second-order valence-electron chi connectivity index (χ2n) is 4.98. The minimum Gasteiger partial charge on any atom is -0.386 e. The molecule has 0 saturated carbocycles. The van der Waals surface area contributed by atoms with Crippen molar-refractivity contribution in [3.63, 3.8) is 0 Å². The van der Waals surface area contributed by atoms with Gasteiger partial charge in [0, 0.05) is 0 Å². The second-order valence-corrected chi connectivity index (χ2v) is 7.24. The SMILES string of the molecule is CC1(O)CN(C(=O)CSc2nc3ccccc3s2)C1. The fourth-order valence-corrected chi connectivity index (χ4v) is 4.05. The Morgan fingerprint density at radius 1 is 1.53 bits per heavy atom. The number of aliphatic hydroxyl groups is 1. The summed E-state index contributed by atoms with van der Waals surface area (Å²) in [4.78, 5) is 18.0. The lowest BCUT2D eigenvalue weighted by molar-refractivity contribution is -0.149. The topological polar surface area (TPSA) is 53.4 Å². The monoisotopic (exact) mass is 294 g/mol. The first kappa shape index (κ1) is 12.9. The van der Waals surface area contributed by atoms with E-state index >= 15 is 0 Å². The molecule has 0 bridgehead atoms. The number of likely N-dealkylation sites (tertiary alicyclic amines) is 1. The highest BCUT2D eigenvalue weighted by molar-refractivity contribution is 8.01. The number of rotatable bonds is 3. The zero-order chi connectivity index (χ0) is 13.5. The highest BCUT2D eigenvalue weighted by Crippen LogP contribution is 2.30. The summed E-state index contributed by atoms with van der Waals surface area (Å²) in [7, 11) is 0. The summed E-state index contributed by atoms with van der Waals surface area (Å²) in [5, 5.41) is 9.60. The third-order valence-corrected chi connectivity index (χ3v) is 5.17. The van der Waals surface area contributed by atoms with Gasteiger partial charge in [-0.3, -0.25) is 4.79 Å². The van der Waals surface area contributed by atoms with Gasteiger partial charge in [-0.25, -0.2) is 4.98 Å². The van der Waals surface area contributed by atoms with Gasteiger partial charge in [-0.1, -0.05) is 23.9 Å². The van der Waals surface area contributed by atoms with Gasteiger partial charge < -0.3 is 10.0 Å². The highest BCUT2D eigenvalue weighted by Gasteiger charge is 2.39. The molecule has 6 heteroatoms. The third-order valence-electron chi connectivity index (χ3n) is 3.01. The van der Waals surface area contributed by atoms with Crippen molar-refractivity contribution in [1.29, 1.82) is 0 Å². The number of para-hydroxylation sites is 1. The van der Waals surface area contributed by atoms with Crippen LogP contribution in [0.4, 0.5) is 0 Å². The van der Waals surface area contributed by atoms with Crippen molar-refractivity contribution in [2.24, 2.45) is 0 Å². The standard InChI is InChI=1S/C13H14N2O2S2/c1-13(17)7-15(8-13)11(16)6-18-12-14-9-4-2-3-5-10(9)19-12/h2-5,17H,6-8H2,1H3. The van der Waals surface area contributed by atoms with Gasteiger partial charge in [0.25, 0.3) is 0 Å². The fraction of sp³-hybridized carbons (Fsp3) is 0.385. The summed E-state index contributed by atoms with van der Waals surface area (Å²) in [5.41, 5.74) is 0.283. The van der Waals surface area contributed by atoms with Crippen molar-refractivity contribution in [3.05, 3.63) is 24.3 Å². The van der Waals surface area contributed by atoms with E-state index in [-0.39, 0.29) is 5.91 Å². The van der Waals surface area contributed by atoms with Crippen molar-refractivity contribution < 1.29 is 9.90 Å². The number of thiazole rings is 1. The summed E-state index contributed by atoms with van der Waals surface area (Å²) >= 11 is 3.07. The zero-order valence-corrected chi connectivity index (χ0v) is 12.1. The quantitative estimate of drug-likeness (QED) is 0.880. The van der Waals surface area contributed by atoms with E-state index in [1.54, 1.807) is 23.2 Å². The van der Waals surface area contributed by atoms with Crippen LogP contribution >= 0.6 is 23.1 Å². The molecule has 100 valence electrons. The molecule has 0 aliphatic carbocycles. The minimum atomic E-state index is -0.698. The molecule has 1 amide bonds. The van der Waals surface area contributed by atoms with Crippen LogP contribution in [0.1, 0.15) is 6.92 Å². The van der Waals surface area contributed by atoms with E-state index in [1.165, 1.54) is 11.8 Å². The van der Waals surface area contributed by atoms with E-state index in [0.29, 0.717) is 18.8 Å². The lowest BCUT2D eigenvalue weighted by atomic mass is 9.97. The molecule has 1 N–H and O–H groups in total. The van der Waals surface area contributed by atoms with Gasteiger partial charge in [0.1, 0.15) is 0 Å². The molecule has 1 saturated heterocycles. The minimum absolute atomic E-state index is 0.0655. The van der Waals surface area contributed by atoms with Gasteiger partial charge in [-0.05, 0) is 19.1 Å². The number of hydrogen-bond donors (Lipinski definition) is 1. The van der Waals surface area contributed by atoms with Gasteiger partial charge >= 0.3 is 0 Å². The van der Waals surface area contributed by atoms with Crippen LogP contribution in [0, 0.1) is 0 Å². The largest absolute Gasteiger partial charge is 0.386 e. The number of carbonyl (C=O) groups is 1. The van der Waals surface area contributed by atoms with Crippen molar-refractivity contribution in [1.82, 2.24) is 9.88 Å². The van der Waals surface area contributed by atoms with E-state index in [4.69, 9.17) is 0 Å². The van der Waals surface area contributed by atoms with Crippen LogP contribution in [0.2, 0.25) is 0 Å². The number of benzene rings is 1. The molecule has 2 heterocycles. The molecule has 0 spiro atoms. The van der Waals surface area contributed by atoms with Crippen LogP contribution in [0.5, 0.6) is 0 Å². The number of β-amino-alcohol motifs (C(OH)–C–C–N with tert-alkyl or cyclic N) is 1. The first-order valence-corrected chi connectivity index (χ1v) is 7.82. The predicted octanol–water partition coefficient (Wildman–Crippen LogP) is 1.98. The van der Waals surface area contributed by atoms with Crippen molar-refractivity contribution in [2.45, 2.75) is 16.9 Å². The molecule has 19 heavy (non-hydrogen) atoms. The maximum absolute atomic E-state index is 11.9. The zero-order valence-electron chi connectivity index (χ0n) is 10.5. The molecule has 1 aliphatic heterocycles. The van der Waals surface area contributed by atoms with E-state index in [9.17, 15) is 9.90 Å². The van der Waals surface area contributed by atoms with Gasteiger partial charge in [0.2, 0.25) is 5.91 Å². The average molecular weight is 294 g/mol. The lowest BCUT2D eigenvalue weighted by Crippen LogP contribution is -2.62. The van der Waals surface area contributed by atoms with E-state index in [2.05, 4.69) is 4.98 Å². The van der Waals surface area contributed by atoms with Gasteiger partial charge in [0.15, 0.2) is 4.34 Å². The molecule has 1 aromatic carbocycles. The van der Waals surface area contributed by atoms with Gasteiger partial charge in [-0.15, -0.1) is 11.3 Å². The molecule has 0 radical (unpaired) electrons. The Hall–Kier alpha value is -1.11. The summed E-state index contributed by atoms with van der Waals surface area (Å²) in [5.74, 6) is 0.450. The predicted molar refractivity (Wildman–Crippen MR) is 77.5 cm³/mol. The van der Waals surface area contributed by atoms with Crippen LogP contribution in [-0.2, 0) is 4.79 Å². The Bertz CT molecular complexity index is 583. The molecule has 3 rings (SSSR count). The molecular formula is C13H14N2O2S2. The molecule has 2 aromatic rings. The summed E-state index contributed by atoms with van der Waals surface area (Å²) in [6.45, 7) is 2.62. The van der Waals surface area contributed by atoms with Gasteiger partial charge in [-0.2, -0.15) is 0 Å². The van der Waals surface area contributed by atoms with Gasteiger partial charge in [0.05, 0.1) is 34.7 Å². The van der Waals surface area contributed by atoms with E-state index in [0.717, 1.165) is 14.6 Å². The van der Waals surface area contributed by atoms with Crippen molar-refractivity contribution in [2.75, 3.05) is 18.8 Å². The third kappa shape index (κ3) is 2.75. The molecule has 1 aliphatic rings. The summed E-state index contributed by atoms with van der Waals surface area (Å²) in [6, 6.07) is 7.96.